The second-order valence-corrected chi connectivity index (χ2v) is 10.3. The van der Waals surface area contributed by atoms with Crippen LogP contribution in [0.15, 0.2) is 78.9 Å². The van der Waals surface area contributed by atoms with Gasteiger partial charge in [0.1, 0.15) is 11.5 Å². The lowest BCUT2D eigenvalue weighted by atomic mass is 9.89. The number of amides is 1. The third kappa shape index (κ3) is 9.79. The fraction of sp³-hybridized carbons (Fsp3) is 0.394. The van der Waals surface area contributed by atoms with E-state index in [0.29, 0.717) is 12.3 Å². The van der Waals surface area contributed by atoms with E-state index in [9.17, 15) is 9.59 Å². The number of ether oxygens (including phenoxy) is 1. The van der Waals surface area contributed by atoms with Gasteiger partial charge in [0.25, 0.3) is 0 Å². The average molecular weight is 515 g/mol. The van der Waals surface area contributed by atoms with Crippen LogP contribution in [-0.2, 0) is 4.79 Å². The number of piperidine rings is 1. The van der Waals surface area contributed by atoms with Crippen molar-refractivity contribution in [1.29, 1.82) is 0 Å². The number of rotatable bonds is 11. The van der Waals surface area contributed by atoms with Crippen molar-refractivity contribution in [1.82, 2.24) is 4.90 Å². The molecule has 1 N–H and O–H groups in total. The number of hydrogen-bond donors (Lipinski definition) is 1. The van der Waals surface area contributed by atoms with Crippen LogP contribution in [0.25, 0.3) is 0 Å². The molecule has 1 saturated heterocycles. The summed E-state index contributed by atoms with van der Waals surface area (Å²) in [5, 5.41) is 2.73. The first-order valence-electron chi connectivity index (χ1n) is 13.9. The molecule has 0 radical (unpaired) electrons. The van der Waals surface area contributed by atoms with E-state index in [4.69, 9.17) is 4.74 Å². The summed E-state index contributed by atoms with van der Waals surface area (Å²) in [6, 6.07) is 25.1. The highest BCUT2D eigenvalue weighted by atomic mass is 16.5. The lowest BCUT2D eigenvalue weighted by Crippen LogP contribution is -2.33. The van der Waals surface area contributed by atoms with E-state index >= 15 is 0 Å². The average Bonchev–Trinajstić information content (AvgIpc) is 2.95. The Balaban J connectivity index is 0.000000732. The number of likely N-dealkylation sites (tertiary alicyclic amines) is 1. The summed E-state index contributed by atoms with van der Waals surface area (Å²) < 4.78 is 5.80. The Labute approximate surface area is 228 Å². The largest absolute Gasteiger partial charge is 0.457 e. The SMILES string of the molecule is CCC(C)C.O=CNc1cccc(C2CCN(CCCC(=O)c3ccc(Oc4ccccc4)cc3)CC2)c1. The maximum absolute atomic E-state index is 12.6. The zero-order valence-electron chi connectivity index (χ0n) is 23.1. The molecule has 1 fully saturated rings. The van der Waals surface area contributed by atoms with Crippen molar-refractivity contribution in [2.75, 3.05) is 25.0 Å². The molecule has 5 heteroatoms. The molecular formula is C33H42N2O3. The van der Waals surface area contributed by atoms with Crippen LogP contribution >= 0.6 is 0 Å². The molecule has 0 aromatic heterocycles. The Morgan fingerprint density at radius 1 is 0.974 bits per heavy atom. The van der Waals surface area contributed by atoms with Gasteiger partial charge < -0.3 is 15.0 Å². The molecule has 1 aliphatic heterocycles. The monoisotopic (exact) mass is 514 g/mol. The molecule has 3 aromatic carbocycles. The van der Waals surface area contributed by atoms with Crippen LogP contribution < -0.4 is 10.1 Å². The number of anilines is 1. The highest BCUT2D eigenvalue weighted by Gasteiger charge is 2.20. The quantitative estimate of drug-likeness (QED) is 0.208. The number of nitrogens with one attached hydrogen (secondary N) is 1. The van der Waals surface area contributed by atoms with Gasteiger partial charge in [0, 0.05) is 17.7 Å². The predicted molar refractivity (Wildman–Crippen MR) is 156 cm³/mol. The summed E-state index contributed by atoms with van der Waals surface area (Å²) in [5.74, 6) is 3.09. The Kier molecular flexibility index (Phi) is 12.1. The second kappa shape index (κ2) is 15.7. The fourth-order valence-corrected chi connectivity index (χ4v) is 4.38. The van der Waals surface area contributed by atoms with E-state index < -0.39 is 0 Å². The molecule has 5 nitrogen and oxygen atoms in total. The fourth-order valence-electron chi connectivity index (χ4n) is 4.38. The summed E-state index contributed by atoms with van der Waals surface area (Å²) in [7, 11) is 0. The van der Waals surface area contributed by atoms with Crippen LogP contribution in [0, 0.1) is 5.92 Å². The van der Waals surface area contributed by atoms with E-state index in [1.165, 1.54) is 12.0 Å². The van der Waals surface area contributed by atoms with Crippen molar-refractivity contribution in [2.45, 2.75) is 58.8 Å². The van der Waals surface area contributed by atoms with Crippen molar-refractivity contribution in [2.24, 2.45) is 5.92 Å². The summed E-state index contributed by atoms with van der Waals surface area (Å²) in [5.41, 5.74) is 2.87. The molecule has 0 bridgehead atoms. The number of ketones is 1. The Bertz CT molecular complexity index is 1100. The van der Waals surface area contributed by atoms with Gasteiger partial charge in [-0.2, -0.15) is 0 Å². The predicted octanol–water partition coefficient (Wildman–Crippen LogP) is 7.94. The topological polar surface area (TPSA) is 58.6 Å². The number of carbonyl (C=O) groups excluding carboxylic acids is 2. The maximum atomic E-state index is 12.6. The normalized spacial score (nSPS) is 13.9. The maximum Gasteiger partial charge on any atom is 0.211 e. The molecule has 4 rings (SSSR count). The van der Waals surface area contributed by atoms with E-state index in [2.05, 4.69) is 43.1 Å². The first-order chi connectivity index (χ1) is 18.5. The van der Waals surface area contributed by atoms with Crippen molar-refractivity contribution in [3.63, 3.8) is 0 Å². The molecule has 0 spiro atoms. The van der Waals surface area contributed by atoms with Gasteiger partial charge in [0.2, 0.25) is 6.41 Å². The molecule has 38 heavy (non-hydrogen) atoms. The van der Waals surface area contributed by atoms with Gasteiger partial charge in [-0.25, -0.2) is 0 Å². The zero-order valence-corrected chi connectivity index (χ0v) is 23.1. The van der Waals surface area contributed by atoms with Gasteiger partial charge in [-0.3, -0.25) is 9.59 Å². The molecule has 0 aliphatic carbocycles. The molecular weight excluding hydrogens is 472 g/mol. The molecule has 3 aromatic rings. The summed E-state index contributed by atoms with van der Waals surface area (Å²) in [6.45, 7) is 9.66. The molecule has 202 valence electrons. The van der Waals surface area contributed by atoms with Crippen molar-refractivity contribution in [3.8, 4) is 11.5 Å². The van der Waals surface area contributed by atoms with Crippen LogP contribution in [0.1, 0.15) is 74.7 Å². The highest BCUT2D eigenvalue weighted by molar-refractivity contribution is 5.96. The van der Waals surface area contributed by atoms with Gasteiger partial charge in [-0.15, -0.1) is 0 Å². The van der Waals surface area contributed by atoms with Crippen LogP contribution in [0.2, 0.25) is 0 Å². The van der Waals surface area contributed by atoms with Gasteiger partial charge >= 0.3 is 0 Å². The van der Waals surface area contributed by atoms with Crippen LogP contribution in [0.5, 0.6) is 11.5 Å². The summed E-state index contributed by atoms with van der Waals surface area (Å²) >= 11 is 0. The number of nitrogens with zero attached hydrogens (tertiary/aromatic N) is 1. The third-order valence-electron chi connectivity index (χ3n) is 7.02. The van der Waals surface area contributed by atoms with E-state index in [1.807, 2.05) is 66.7 Å². The van der Waals surface area contributed by atoms with Crippen molar-refractivity contribution in [3.05, 3.63) is 90.0 Å². The minimum absolute atomic E-state index is 0.177. The third-order valence-corrected chi connectivity index (χ3v) is 7.02. The Morgan fingerprint density at radius 3 is 2.26 bits per heavy atom. The molecule has 0 saturated carbocycles. The van der Waals surface area contributed by atoms with Crippen LogP contribution in [-0.4, -0.2) is 36.7 Å². The lowest BCUT2D eigenvalue weighted by molar-refractivity contribution is -0.105. The number of hydrogen-bond acceptors (Lipinski definition) is 4. The Morgan fingerprint density at radius 2 is 1.63 bits per heavy atom. The number of benzene rings is 3. The lowest BCUT2D eigenvalue weighted by Gasteiger charge is -2.32. The van der Waals surface area contributed by atoms with Gasteiger partial charge in [0.05, 0.1) is 0 Å². The van der Waals surface area contributed by atoms with Crippen molar-refractivity contribution >= 4 is 17.9 Å². The highest BCUT2D eigenvalue weighted by Crippen LogP contribution is 2.29. The molecule has 1 heterocycles. The smallest absolute Gasteiger partial charge is 0.211 e. The van der Waals surface area contributed by atoms with Gasteiger partial charge in [-0.05, 0) is 105 Å². The van der Waals surface area contributed by atoms with E-state index in [-0.39, 0.29) is 5.78 Å². The van der Waals surface area contributed by atoms with Crippen LogP contribution in [0.4, 0.5) is 5.69 Å². The van der Waals surface area contributed by atoms with Gasteiger partial charge in [-0.1, -0.05) is 57.5 Å². The molecule has 1 amide bonds. The van der Waals surface area contributed by atoms with E-state index in [0.717, 1.165) is 74.0 Å². The number of carbonyl (C=O) groups is 2. The van der Waals surface area contributed by atoms with Crippen LogP contribution in [0.3, 0.4) is 0 Å². The Hall–Kier alpha value is -3.44. The summed E-state index contributed by atoms with van der Waals surface area (Å²) in [4.78, 5) is 25.7. The van der Waals surface area contributed by atoms with Gasteiger partial charge in [0.15, 0.2) is 5.78 Å². The first kappa shape index (κ1) is 29.1. The second-order valence-electron chi connectivity index (χ2n) is 10.3. The first-order valence-corrected chi connectivity index (χ1v) is 13.9. The van der Waals surface area contributed by atoms with Crippen molar-refractivity contribution < 1.29 is 14.3 Å². The summed E-state index contributed by atoms with van der Waals surface area (Å²) in [6.07, 6.45) is 5.64. The van der Waals surface area contributed by atoms with E-state index in [1.54, 1.807) is 0 Å². The number of para-hydroxylation sites is 1. The molecule has 0 atom stereocenters. The minimum Gasteiger partial charge on any atom is -0.457 e. The minimum atomic E-state index is 0.177. The standard InChI is InChI=1S/C28H30N2O3.C5H12/c31-21-29-25-7-4-6-24(20-25)22-15-18-30(19-16-22)17-5-10-28(32)23-11-13-27(14-12-23)33-26-8-2-1-3-9-26;1-4-5(2)3/h1-4,6-9,11-14,20-22H,5,10,15-19H2,(H,29,31);5H,4H2,1-3H3. The number of Topliss-reactive ketones (excluding diaryl/α,β-unsaturated/α-hetero) is 1. The molecule has 0 unspecified atom stereocenters. The molecule has 1 aliphatic rings. The zero-order chi connectivity index (χ0) is 27.2.